The topological polar surface area (TPSA) is 9.23 Å². The molecule has 1 aliphatic rings. The summed E-state index contributed by atoms with van der Waals surface area (Å²) in [4.78, 5) is 1.68. The van der Waals surface area contributed by atoms with Crippen LogP contribution >= 0.6 is 54.8 Å². The Kier molecular flexibility index (Phi) is 5.16. The van der Waals surface area contributed by atoms with Gasteiger partial charge in [0.1, 0.15) is 4.34 Å². The van der Waals surface area contributed by atoms with E-state index in [2.05, 4.69) is 37.9 Å². The molecule has 0 aromatic carbocycles. The van der Waals surface area contributed by atoms with Crippen molar-refractivity contribution < 1.29 is 4.74 Å². The molecule has 16 heavy (non-hydrogen) atoms. The first kappa shape index (κ1) is 13.3. The average molecular weight is 389 g/mol. The van der Waals surface area contributed by atoms with E-state index in [1.165, 1.54) is 17.7 Å². The van der Waals surface area contributed by atoms with Crippen LogP contribution < -0.4 is 0 Å². The molecule has 2 unspecified atom stereocenters. The van der Waals surface area contributed by atoms with Crippen LogP contribution in [-0.2, 0) is 4.74 Å². The molecule has 0 N–H and O–H groups in total. The SMILES string of the molecule is Clc1sc(C(Br)CCC2CCCO2)cc1Br. The molecule has 0 radical (unpaired) electrons. The van der Waals surface area contributed by atoms with Crippen molar-refractivity contribution in [1.29, 1.82) is 0 Å². The predicted octanol–water partition coefficient (Wildman–Crippen LogP) is 5.56. The molecule has 1 aliphatic heterocycles. The monoisotopic (exact) mass is 386 g/mol. The first-order chi connectivity index (χ1) is 7.66. The Morgan fingerprint density at radius 2 is 2.44 bits per heavy atom. The maximum Gasteiger partial charge on any atom is 0.107 e. The van der Waals surface area contributed by atoms with E-state index in [4.69, 9.17) is 16.3 Å². The van der Waals surface area contributed by atoms with E-state index < -0.39 is 0 Å². The maximum absolute atomic E-state index is 6.03. The standard InChI is InChI=1S/C11H13Br2ClOS/c12-8(4-3-7-2-1-5-15-7)10-6-9(13)11(14)16-10/h6-8H,1-5H2. The Balaban J connectivity index is 1.84. The number of alkyl halides is 1. The van der Waals surface area contributed by atoms with Crippen LogP contribution in [0.1, 0.15) is 35.4 Å². The zero-order valence-electron chi connectivity index (χ0n) is 8.72. The quantitative estimate of drug-likeness (QED) is 0.614. The Morgan fingerprint density at radius 1 is 1.62 bits per heavy atom. The summed E-state index contributed by atoms with van der Waals surface area (Å²) < 4.78 is 7.44. The average Bonchev–Trinajstić information content (AvgIpc) is 2.86. The molecular weight excluding hydrogens is 375 g/mol. The lowest BCUT2D eigenvalue weighted by Crippen LogP contribution is -2.05. The van der Waals surface area contributed by atoms with E-state index in [1.807, 2.05) is 0 Å². The molecule has 2 rings (SSSR count). The van der Waals surface area contributed by atoms with Gasteiger partial charge < -0.3 is 4.74 Å². The third-order valence-corrected chi connectivity index (χ3v) is 6.58. The van der Waals surface area contributed by atoms with Crippen LogP contribution in [0.25, 0.3) is 0 Å². The normalized spacial score (nSPS) is 22.6. The molecule has 0 aliphatic carbocycles. The maximum atomic E-state index is 6.03. The number of halogens is 3. The minimum absolute atomic E-state index is 0.394. The number of thiophene rings is 1. The van der Waals surface area contributed by atoms with Gasteiger partial charge in [-0.25, -0.2) is 0 Å². The summed E-state index contributed by atoms with van der Waals surface area (Å²) in [7, 11) is 0. The van der Waals surface area contributed by atoms with E-state index in [0.717, 1.165) is 28.3 Å². The summed E-state index contributed by atoms with van der Waals surface area (Å²) in [5, 5.41) is 0. The molecule has 1 aromatic heterocycles. The van der Waals surface area contributed by atoms with Crippen LogP contribution in [0.5, 0.6) is 0 Å². The highest BCUT2D eigenvalue weighted by Gasteiger charge is 2.19. The Morgan fingerprint density at radius 3 is 3.00 bits per heavy atom. The largest absolute Gasteiger partial charge is 0.378 e. The van der Waals surface area contributed by atoms with Gasteiger partial charge in [-0.2, -0.15) is 0 Å². The first-order valence-electron chi connectivity index (χ1n) is 5.37. The molecule has 1 aromatic rings. The van der Waals surface area contributed by atoms with Crippen molar-refractivity contribution >= 4 is 54.8 Å². The zero-order valence-corrected chi connectivity index (χ0v) is 13.5. The van der Waals surface area contributed by atoms with Gasteiger partial charge >= 0.3 is 0 Å². The Bertz CT molecular complexity index is 330. The molecule has 2 atom stereocenters. The highest BCUT2D eigenvalue weighted by Crippen LogP contribution is 2.40. The van der Waals surface area contributed by atoms with Crippen molar-refractivity contribution in [3.63, 3.8) is 0 Å². The summed E-state index contributed by atoms with van der Waals surface area (Å²) in [6, 6.07) is 2.10. The molecule has 0 bridgehead atoms. The van der Waals surface area contributed by atoms with Crippen molar-refractivity contribution in [3.05, 3.63) is 19.8 Å². The highest BCUT2D eigenvalue weighted by atomic mass is 79.9. The van der Waals surface area contributed by atoms with E-state index in [0.29, 0.717) is 10.9 Å². The first-order valence-corrected chi connectivity index (χ1v) is 8.27. The fourth-order valence-corrected chi connectivity index (χ4v) is 4.29. The van der Waals surface area contributed by atoms with Gasteiger partial charge in [0.2, 0.25) is 0 Å². The fourth-order valence-electron chi connectivity index (χ4n) is 1.86. The third-order valence-electron chi connectivity index (χ3n) is 2.74. The predicted molar refractivity (Wildman–Crippen MR) is 76.9 cm³/mol. The van der Waals surface area contributed by atoms with E-state index in [1.54, 1.807) is 11.3 Å². The lowest BCUT2D eigenvalue weighted by Gasteiger charge is -2.11. The van der Waals surface area contributed by atoms with Gasteiger partial charge in [0.05, 0.1) is 6.10 Å². The van der Waals surface area contributed by atoms with Crippen LogP contribution in [0.15, 0.2) is 10.5 Å². The summed E-state index contributed by atoms with van der Waals surface area (Å²) in [6.45, 7) is 0.938. The van der Waals surface area contributed by atoms with E-state index >= 15 is 0 Å². The van der Waals surface area contributed by atoms with Gasteiger partial charge in [0.25, 0.3) is 0 Å². The molecule has 5 heteroatoms. The smallest absolute Gasteiger partial charge is 0.107 e. The van der Waals surface area contributed by atoms with Gasteiger partial charge in [-0.3, -0.25) is 0 Å². The minimum atomic E-state index is 0.394. The van der Waals surface area contributed by atoms with Gasteiger partial charge in [-0.05, 0) is 47.7 Å². The molecular formula is C11H13Br2ClOS. The lowest BCUT2D eigenvalue weighted by molar-refractivity contribution is 0.102. The van der Waals surface area contributed by atoms with E-state index in [9.17, 15) is 0 Å². The Hall–Kier alpha value is 0.910. The second-order valence-electron chi connectivity index (χ2n) is 3.95. The number of hydrogen-bond acceptors (Lipinski definition) is 2. The van der Waals surface area contributed by atoms with E-state index in [-0.39, 0.29) is 0 Å². The lowest BCUT2D eigenvalue weighted by atomic mass is 10.1. The number of hydrogen-bond donors (Lipinski definition) is 0. The second-order valence-corrected chi connectivity index (χ2v) is 7.60. The third kappa shape index (κ3) is 3.45. The summed E-state index contributed by atoms with van der Waals surface area (Å²) in [5.74, 6) is 0. The summed E-state index contributed by atoms with van der Waals surface area (Å²) in [6.07, 6.45) is 5.14. The van der Waals surface area contributed by atoms with Crippen LogP contribution in [0, 0.1) is 0 Å². The molecule has 2 heterocycles. The summed E-state index contributed by atoms with van der Waals surface area (Å²) >= 11 is 14.8. The molecule has 90 valence electrons. The molecule has 0 saturated carbocycles. The molecule has 0 amide bonds. The summed E-state index contributed by atoms with van der Waals surface area (Å²) in [5.41, 5.74) is 0. The van der Waals surface area contributed by atoms with Gasteiger partial charge in [-0.1, -0.05) is 27.5 Å². The zero-order chi connectivity index (χ0) is 11.5. The van der Waals surface area contributed by atoms with Gasteiger partial charge in [-0.15, -0.1) is 11.3 Å². The molecule has 0 spiro atoms. The Labute approximate surface area is 122 Å². The van der Waals surface area contributed by atoms with Crippen molar-refractivity contribution in [2.75, 3.05) is 6.61 Å². The van der Waals surface area contributed by atoms with Crippen molar-refractivity contribution in [2.24, 2.45) is 0 Å². The number of ether oxygens (including phenoxy) is 1. The van der Waals surface area contributed by atoms with Crippen molar-refractivity contribution in [1.82, 2.24) is 0 Å². The van der Waals surface area contributed by atoms with Crippen LogP contribution in [0.4, 0.5) is 0 Å². The van der Waals surface area contributed by atoms with Crippen LogP contribution in [0.3, 0.4) is 0 Å². The molecule has 1 saturated heterocycles. The molecule has 1 fully saturated rings. The van der Waals surface area contributed by atoms with Crippen molar-refractivity contribution in [2.45, 2.75) is 36.6 Å². The van der Waals surface area contributed by atoms with Crippen LogP contribution in [0.2, 0.25) is 4.34 Å². The van der Waals surface area contributed by atoms with Crippen molar-refractivity contribution in [3.8, 4) is 0 Å². The second kappa shape index (κ2) is 6.19. The van der Waals surface area contributed by atoms with Crippen LogP contribution in [-0.4, -0.2) is 12.7 Å². The fraction of sp³-hybridized carbons (Fsp3) is 0.636. The highest BCUT2D eigenvalue weighted by molar-refractivity contribution is 9.10. The minimum Gasteiger partial charge on any atom is -0.378 e. The van der Waals surface area contributed by atoms with Gasteiger partial charge in [0.15, 0.2) is 0 Å². The number of rotatable bonds is 4. The molecule has 1 nitrogen and oxygen atoms in total. The van der Waals surface area contributed by atoms with Gasteiger partial charge in [0, 0.05) is 20.8 Å².